The topological polar surface area (TPSA) is 18.5 Å². The van der Waals surface area contributed by atoms with E-state index in [9.17, 15) is 0 Å². The van der Waals surface area contributed by atoms with Gasteiger partial charge in [0.05, 0.1) is 6.61 Å². The van der Waals surface area contributed by atoms with E-state index in [2.05, 4.69) is 6.92 Å². The minimum absolute atomic E-state index is 0.595. The molecular formula is C11H17O2PS2. The molecule has 1 rings (SSSR count). The van der Waals surface area contributed by atoms with Gasteiger partial charge in [-0.15, -0.1) is 11.8 Å². The number of hydrogen-bond acceptors (Lipinski definition) is 4. The molecule has 0 N–H and O–H groups in total. The molecule has 0 aliphatic carbocycles. The predicted octanol–water partition coefficient (Wildman–Crippen LogP) is 4.15. The maximum atomic E-state index is 5.67. The highest BCUT2D eigenvalue weighted by molar-refractivity contribution is 8.09. The van der Waals surface area contributed by atoms with Crippen LogP contribution >= 0.6 is 18.3 Å². The fraction of sp³-hybridized carbons (Fsp3) is 0.455. The third-order valence-corrected chi connectivity index (χ3v) is 4.47. The molecule has 0 saturated heterocycles. The van der Waals surface area contributed by atoms with E-state index in [0.29, 0.717) is 6.61 Å². The van der Waals surface area contributed by atoms with Crippen LogP contribution in [0.2, 0.25) is 0 Å². The first-order chi connectivity index (χ1) is 7.57. The summed E-state index contributed by atoms with van der Waals surface area (Å²) >= 11 is 7.08. The first-order valence-electron chi connectivity index (χ1n) is 5.22. The van der Waals surface area contributed by atoms with Gasteiger partial charge in [-0.1, -0.05) is 6.92 Å². The van der Waals surface area contributed by atoms with Crippen LogP contribution in [0.5, 0.6) is 5.75 Å². The summed E-state index contributed by atoms with van der Waals surface area (Å²) in [6.45, 7) is 4.38. The van der Waals surface area contributed by atoms with Crippen molar-refractivity contribution in [3.05, 3.63) is 24.3 Å². The Morgan fingerprint density at radius 1 is 1.25 bits per heavy atom. The molecule has 5 heteroatoms. The maximum Gasteiger partial charge on any atom is 0.235 e. The third kappa shape index (κ3) is 4.88. The molecule has 0 aliphatic rings. The van der Waals surface area contributed by atoms with Crippen molar-refractivity contribution in [3.63, 3.8) is 0 Å². The first-order valence-corrected chi connectivity index (χ1v) is 9.29. The van der Waals surface area contributed by atoms with Crippen molar-refractivity contribution in [1.29, 1.82) is 0 Å². The molecule has 0 bridgehead atoms. The van der Waals surface area contributed by atoms with Crippen LogP contribution in [0.1, 0.15) is 13.8 Å². The summed E-state index contributed by atoms with van der Waals surface area (Å²) in [6.07, 6.45) is 0. The van der Waals surface area contributed by atoms with Gasteiger partial charge in [0, 0.05) is 11.6 Å². The largest absolute Gasteiger partial charge is 0.444 e. The van der Waals surface area contributed by atoms with E-state index in [-0.39, 0.29) is 0 Å². The van der Waals surface area contributed by atoms with Crippen LogP contribution in [0.25, 0.3) is 0 Å². The van der Waals surface area contributed by atoms with Gasteiger partial charge in [-0.25, -0.2) is 0 Å². The van der Waals surface area contributed by atoms with Crippen molar-refractivity contribution < 1.29 is 9.05 Å². The fourth-order valence-corrected chi connectivity index (χ4v) is 3.48. The summed E-state index contributed by atoms with van der Waals surface area (Å²) < 4.78 is 11.1. The summed E-state index contributed by atoms with van der Waals surface area (Å²) in [5.74, 6) is 1.87. The second kappa shape index (κ2) is 6.65. The van der Waals surface area contributed by atoms with Crippen LogP contribution in [-0.2, 0) is 16.3 Å². The lowest BCUT2D eigenvalue weighted by Gasteiger charge is -2.17. The zero-order valence-corrected chi connectivity index (χ0v) is 12.3. The second-order valence-corrected chi connectivity index (χ2v) is 8.50. The van der Waals surface area contributed by atoms with Crippen LogP contribution < -0.4 is 4.52 Å². The molecule has 0 aromatic heterocycles. The highest BCUT2D eigenvalue weighted by Gasteiger charge is 2.11. The summed E-state index contributed by atoms with van der Waals surface area (Å²) in [4.78, 5) is 1.25. The van der Waals surface area contributed by atoms with Crippen LogP contribution in [0.3, 0.4) is 0 Å². The molecule has 0 heterocycles. The van der Waals surface area contributed by atoms with Crippen molar-refractivity contribution in [1.82, 2.24) is 0 Å². The molecule has 0 amide bonds. The summed E-state index contributed by atoms with van der Waals surface area (Å²) in [5.41, 5.74) is 0. The average Bonchev–Trinajstić information content (AvgIpc) is 2.21. The lowest BCUT2D eigenvalue weighted by atomic mass is 10.3. The molecule has 1 unspecified atom stereocenters. The van der Waals surface area contributed by atoms with Crippen molar-refractivity contribution in [2.24, 2.45) is 0 Å². The smallest absolute Gasteiger partial charge is 0.235 e. The number of benzene rings is 1. The van der Waals surface area contributed by atoms with E-state index in [1.165, 1.54) is 4.90 Å². The molecular weight excluding hydrogens is 259 g/mol. The summed E-state index contributed by atoms with van der Waals surface area (Å²) in [6, 6.07) is 7.98. The minimum Gasteiger partial charge on any atom is -0.444 e. The zero-order valence-electron chi connectivity index (χ0n) is 9.80. The zero-order chi connectivity index (χ0) is 12.0. The normalized spacial score (nSPS) is 14.4. The quantitative estimate of drug-likeness (QED) is 0.573. The molecule has 0 aliphatic heterocycles. The van der Waals surface area contributed by atoms with Crippen LogP contribution in [0.15, 0.2) is 29.2 Å². The standard InChI is InChI=1S/C11H17O2PS2/c1-4-12-14(3,15)13-10-6-8-11(9-7-10)16-5-2/h6-9H,4-5H2,1-3H3. The third-order valence-electron chi connectivity index (χ3n) is 1.77. The van der Waals surface area contributed by atoms with Gasteiger partial charge in [0.1, 0.15) is 5.75 Å². The van der Waals surface area contributed by atoms with Gasteiger partial charge in [0.25, 0.3) is 0 Å². The van der Waals surface area contributed by atoms with Gasteiger partial charge in [0.15, 0.2) is 0 Å². The van der Waals surface area contributed by atoms with Gasteiger partial charge >= 0.3 is 0 Å². The first kappa shape index (κ1) is 14.0. The van der Waals surface area contributed by atoms with E-state index in [4.69, 9.17) is 20.9 Å². The average molecular weight is 276 g/mol. The Balaban J connectivity index is 2.64. The summed E-state index contributed by atoms with van der Waals surface area (Å²) in [7, 11) is 0. The molecule has 16 heavy (non-hydrogen) atoms. The van der Waals surface area contributed by atoms with Gasteiger partial charge in [0.2, 0.25) is 6.49 Å². The van der Waals surface area contributed by atoms with E-state index >= 15 is 0 Å². The second-order valence-electron chi connectivity index (χ2n) is 3.18. The minimum atomic E-state index is -2.12. The van der Waals surface area contributed by atoms with Crippen molar-refractivity contribution in [3.8, 4) is 5.75 Å². The lowest BCUT2D eigenvalue weighted by molar-refractivity contribution is 0.335. The Bertz CT molecular complexity index is 365. The molecule has 0 fully saturated rings. The monoisotopic (exact) mass is 276 g/mol. The Hall–Kier alpha value is -0.0200. The lowest BCUT2D eigenvalue weighted by Crippen LogP contribution is -1.95. The Kier molecular flexibility index (Phi) is 5.84. The SMILES string of the molecule is CCOP(C)(=S)Oc1ccc(SCC)cc1. The van der Waals surface area contributed by atoms with Gasteiger partial charge in [-0.2, -0.15) is 0 Å². The maximum absolute atomic E-state index is 5.67. The summed E-state index contributed by atoms with van der Waals surface area (Å²) in [5, 5.41) is 0. The highest BCUT2D eigenvalue weighted by Crippen LogP contribution is 2.44. The van der Waals surface area contributed by atoms with Crippen LogP contribution in [-0.4, -0.2) is 19.0 Å². The number of hydrogen-bond donors (Lipinski definition) is 0. The van der Waals surface area contributed by atoms with E-state index in [0.717, 1.165) is 11.5 Å². The van der Waals surface area contributed by atoms with E-state index in [1.807, 2.05) is 49.6 Å². The molecule has 1 atom stereocenters. The van der Waals surface area contributed by atoms with Crippen molar-refractivity contribution >= 4 is 30.1 Å². The van der Waals surface area contributed by atoms with Gasteiger partial charge in [-0.3, -0.25) is 0 Å². The van der Waals surface area contributed by atoms with E-state index in [1.54, 1.807) is 0 Å². The Labute approximate surface area is 107 Å². The molecule has 0 spiro atoms. The molecule has 1 aromatic carbocycles. The van der Waals surface area contributed by atoms with Crippen molar-refractivity contribution in [2.45, 2.75) is 18.7 Å². The van der Waals surface area contributed by atoms with Crippen molar-refractivity contribution in [2.75, 3.05) is 19.0 Å². The Morgan fingerprint density at radius 3 is 2.38 bits per heavy atom. The predicted molar refractivity (Wildman–Crippen MR) is 75.3 cm³/mol. The van der Waals surface area contributed by atoms with Gasteiger partial charge < -0.3 is 9.05 Å². The van der Waals surface area contributed by atoms with E-state index < -0.39 is 6.49 Å². The van der Waals surface area contributed by atoms with Crippen LogP contribution in [0.4, 0.5) is 0 Å². The van der Waals surface area contributed by atoms with Crippen LogP contribution in [0, 0.1) is 0 Å². The highest BCUT2D eigenvalue weighted by atomic mass is 32.5. The molecule has 2 nitrogen and oxygen atoms in total. The number of thioether (sulfide) groups is 1. The molecule has 0 radical (unpaired) electrons. The van der Waals surface area contributed by atoms with Gasteiger partial charge in [-0.05, 0) is 48.7 Å². The molecule has 90 valence electrons. The molecule has 1 aromatic rings. The number of rotatable bonds is 6. The molecule has 0 saturated carbocycles. The fourth-order valence-electron chi connectivity index (χ4n) is 1.22. The Morgan fingerprint density at radius 2 is 1.88 bits per heavy atom.